The molecule has 0 N–H and O–H groups in total. The summed E-state index contributed by atoms with van der Waals surface area (Å²) in [5.74, 6) is 0.615. The summed E-state index contributed by atoms with van der Waals surface area (Å²) >= 11 is 0. The molecule has 0 atom stereocenters. The molecule has 0 amide bonds. The first-order valence-electron chi connectivity index (χ1n) is 6.06. The third-order valence-electron chi connectivity index (χ3n) is 2.60. The largest absolute Gasteiger partial charge is 0.341 e. The van der Waals surface area contributed by atoms with Crippen molar-refractivity contribution in [1.82, 2.24) is 0 Å². The zero-order valence-corrected chi connectivity index (χ0v) is 10.4. The molecule has 0 saturated carbocycles. The molecule has 17 heavy (non-hydrogen) atoms. The Hall–Kier alpha value is -1.76. The van der Waals surface area contributed by atoms with Crippen LogP contribution >= 0.6 is 0 Å². The zero-order chi connectivity index (χ0) is 12.1. The van der Waals surface area contributed by atoms with Crippen molar-refractivity contribution < 1.29 is 0 Å². The molecule has 0 heterocycles. The predicted molar refractivity (Wildman–Crippen MR) is 73.6 cm³/mol. The molecule has 1 radical (unpaired) electrons. The van der Waals surface area contributed by atoms with Gasteiger partial charge in [0.1, 0.15) is 0 Å². The van der Waals surface area contributed by atoms with Crippen LogP contribution in [0.1, 0.15) is 13.8 Å². The van der Waals surface area contributed by atoms with Gasteiger partial charge in [-0.1, -0.05) is 50.2 Å². The van der Waals surface area contributed by atoms with E-state index in [2.05, 4.69) is 61.2 Å². The van der Waals surface area contributed by atoms with Crippen LogP contribution in [0, 0.1) is 12.0 Å². The summed E-state index contributed by atoms with van der Waals surface area (Å²) in [6.07, 6.45) is 0. The van der Waals surface area contributed by atoms with Gasteiger partial charge in [0.25, 0.3) is 0 Å². The van der Waals surface area contributed by atoms with E-state index in [0.717, 1.165) is 12.2 Å². The summed E-state index contributed by atoms with van der Waals surface area (Å²) < 4.78 is 0. The number of hydrogen-bond donors (Lipinski definition) is 0. The molecule has 0 aliphatic rings. The van der Waals surface area contributed by atoms with Gasteiger partial charge in [0.05, 0.1) is 0 Å². The fourth-order valence-electron chi connectivity index (χ4n) is 1.87. The van der Waals surface area contributed by atoms with Crippen LogP contribution in [0.15, 0.2) is 54.6 Å². The van der Waals surface area contributed by atoms with Crippen molar-refractivity contribution in [3.05, 3.63) is 60.7 Å². The second-order valence-electron chi connectivity index (χ2n) is 4.59. The van der Waals surface area contributed by atoms with Gasteiger partial charge in [0, 0.05) is 24.0 Å². The Morgan fingerprint density at radius 2 is 1.71 bits per heavy atom. The van der Waals surface area contributed by atoms with E-state index in [1.807, 2.05) is 18.2 Å². The van der Waals surface area contributed by atoms with Crippen LogP contribution in [0.4, 0.5) is 11.4 Å². The highest BCUT2D eigenvalue weighted by Gasteiger charge is 2.10. The fourth-order valence-corrected chi connectivity index (χ4v) is 1.87. The minimum Gasteiger partial charge on any atom is -0.341 e. The molecule has 0 bridgehead atoms. The number of para-hydroxylation sites is 2. The van der Waals surface area contributed by atoms with E-state index < -0.39 is 0 Å². The van der Waals surface area contributed by atoms with Crippen LogP contribution < -0.4 is 4.90 Å². The smallest absolute Gasteiger partial charge is 0.0491 e. The Labute approximate surface area is 104 Å². The maximum atomic E-state index is 3.30. The highest BCUT2D eigenvalue weighted by molar-refractivity contribution is 5.62. The molecule has 0 aliphatic carbocycles. The number of anilines is 2. The summed E-state index contributed by atoms with van der Waals surface area (Å²) in [5.41, 5.74) is 2.36. The van der Waals surface area contributed by atoms with Gasteiger partial charge in [-0.15, -0.1) is 0 Å². The Balaban J connectivity index is 2.32. The molecule has 1 nitrogen and oxygen atoms in total. The maximum absolute atomic E-state index is 3.30. The summed E-state index contributed by atoms with van der Waals surface area (Å²) in [4.78, 5) is 2.31. The van der Waals surface area contributed by atoms with Gasteiger partial charge >= 0.3 is 0 Å². The molecule has 0 aromatic heterocycles. The topological polar surface area (TPSA) is 3.24 Å². The van der Waals surface area contributed by atoms with Crippen LogP contribution in [0.3, 0.4) is 0 Å². The Morgan fingerprint density at radius 1 is 1.00 bits per heavy atom. The van der Waals surface area contributed by atoms with E-state index in [1.165, 1.54) is 5.69 Å². The first kappa shape index (κ1) is 11.7. The third-order valence-corrected chi connectivity index (χ3v) is 2.60. The molecular weight excluding hydrogens is 206 g/mol. The van der Waals surface area contributed by atoms with Gasteiger partial charge in [-0.25, -0.2) is 0 Å². The zero-order valence-electron chi connectivity index (χ0n) is 10.4. The molecule has 0 saturated heterocycles. The molecule has 1 heteroatoms. The molecule has 0 aliphatic heterocycles. The van der Waals surface area contributed by atoms with Crippen LogP contribution in [-0.2, 0) is 0 Å². The van der Waals surface area contributed by atoms with Crippen molar-refractivity contribution in [2.24, 2.45) is 5.92 Å². The number of nitrogens with zero attached hydrogens (tertiary/aromatic N) is 1. The lowest BCUT2D eigenvalue weighted by Crippen LogP contribution is -2.22. The summed E-state index contributed by atoms with van der Waals surface area (Å²) in [6.45, 7) is 5.47. The average Bonchev–Trinajstić information content (AvgIpc) is 2.38. The lowest BCUT2D eigenvalue weighted by Gasteiger charge is -2.26. The quantitative estimate of drug-likeness (QED) is 0.749. The number of hydrogen-bond acceptors (Lipinski definition) is 1. The summed E-state index contributed by atoms with van der Waals surface area (Å²) in [5, 5.41) is 0. The lowest BCUT2D eigenvalue weighted by molar-refractivity contribution is 0.651. The van der Waals surface area contributed by atoms with Gasteiger partial charge in [0.15, 0.2) is 0 Å². The standard InChI is InChI=1S/C16H18N/c1-14(2)13-17(15-9-5-3-6-10-15)16-11-7-4-8-12-16/h3-11,14H,13H2,1-2H3. The summed E-state index contributed by atoms with van der Waals surface area (Å²) in [7, 11) is 0. The molecule has 2 aromatic rings. The number of rotatable bonds is 4. The van der Waals surface area contributed by atoms with Crippen molar-refractivity contribution >= 4 is 11.4 Å². The van der Waals surface area contributed by atoms with Gasteiger partial charge in [-0.3, -0.25) is 0 Å². The number of benzene rings is 2. The minimum absolute atomic E-state index is 0.615. The monoisotopic (exact) mass is 224 g/mol. The van der Waals surface area contributed by atoms with Crippen LogP contribution in [-0.4, -0.2) is 6.54 Å². The van der Waals surface area contributed by atoms with E-state index in [1.54, 1.807) is 0 Å². The van der Waals surface area contributed by atoms with Gasteiger partial charge in [-0.2, -0.15) is 0 Å². The van der Waals surface area contributed by atoms with E-state index in [-0.39, 0.29) is 0 Å². The van der Waals surface area contributed by atoms with E-state index >= 15 is 0 Å². The molecule has 2 rings (SSSR count). The first-order valence-corrected chi connectivity index (χ1v) is 6.06. The fraction of sp³-hybridized carbons (Fsp3) is 0.250. The molecule has 0 unspecified atom stereocenters. The van der Waals surface area contributed by atoms with Crippen molar-refractivity contribution in [2.45, 2.75) is 13.8 Å². The van der Waals surface area contributed by atoms with Gasteiger partial charge < -0.3 is 4.90 Å². The highest BCUT2D eigenvalue weighted by Crippen LogP contribution is 2.25. The molecule has 2 aromatic carbocycles. The van der Waals surface area contributed by atoms with Crippen LogP contribution in [0.2, 0.25) is 0 Å². The predicted octanol–water partition coefficient (Wildman–Crippen LogP) is 4.28. The Morgan fingerprint density at radius 3 is 2.29 bits per heavy atom. The molecule has 87 valence electrons. The SMILES string of the molecule is CC(C)CN(c1[c]cccc1)c1ccccc1. The Bertz CT molecular complexity index is 394. The minimum atomic E-state index is 0.615. The van der Waals surface area contributed by atoms with E-state index in [4.69, 9.17) is 0 Å². The highest BCUT2D eigenvalue weighted by atomic mass is 15.1. The lowest BCUT2D eigenvalue weighted by atomic mass is 10.1. The van der Waals surface area contributed by atoms with Crippen molar-refractivity contribution in [3.63, 3.8) is 0 Å². The second-order valence-corrected chi connectivity index (χ2v) is 4.59. The van der Waals surface area contributed by atoms with Gasteiger partial charge in [0.2, 0.25) is 0 Å². The van der Waals surface area contributed by atoms with Crippen molar-refractivity contribution in [2.75, 3.05) is 11.4 Å². The normalized spacial score (nSPS) is 10.5. The first-order chi connectivity index (χ1) is 8.27. The van der Waals surface area contributed by atoms with Crippen molar-refractivity contribution in [3.8, 4) is 0 Å². The third kappa shape index (κ3) is 3.10. The molecular formula is C16H18N. The van der Waals surface area contributed by atoms with Crippen molar-refractivity contribution in [1.29, 1.82) is 0 Å². The van der Waals surface area contributed by atoms with E-state index in [9.17, 15) is 0 Å². The summed E-state index contributed by atoms with van der Waals surface area (Å²) in [6, 6.07) is 21.9. The van der Waals surface area contributed by atoms with Crippen LogP contribution in [0.25, 0.3) is 0 Å². The average molecular weight is 224 g/mol. The molecule has 0 spiro atoms. The maximum Gasteiger partial charge on any atom is 0.0491 e. The van der Waals surface area contributed by atoms with E-state index in [0.29, 0.717) is 5.92 Å². The van der Waals surface area contributed by atoms with Crippen LogP contribution in [0.5, 0.6) is 0 Å². The molecule has 0 fully saturated rings. The van der Waals surface area contributed by atoms with Gasteiger partial charge in [-0.05, 0) is 24.1 Å². The Kier molecular flexibility index (Phi) is 3.81. The second kappa shape index (κ2) is 5.53.